The Hall–Kier alpha value is -0.320. The molecule has 1 saturated heterocycles. The van der Waals surface area contributed by atoms with Crippen molar-refractivity contribution in [1.82, 2.24) is 15.1 Å². The molecule has 1 amide bonds. The predicted molar refractivity (Wildman–Crippen MR) is 102 cm³/mol. The van der Waals surface area contributed by atoms with Gasteiger partial charge in [0.2, 0.25) is 5.91 Å². The smallest absolute Gasteiger partial charge is 0.236 e. The zero-order chi connectivity index (χ0) is 16.1. The lowest BCUT2D eigenvalue weighted by Crippen LogP contribution is -2.49. The molecule has 0 aromatic carbocycles. The van der Waals surface area contributed by atoms with E-state index in [2.05, 4.69) is 22.0 Å². The molecule has 4 nitrogen and oxygen atoms in total. The van der Waals surface area contributed by atoms with E-state index in [0.29, 0.717) is 24.5 Å². The van der Waals surface area contributed by atoms with Crippen molar-refractivity contribution < 1.29 is 4.79 Å². The third-order valence-electron chi connectivity index (χ3n) is 6.02. The second kappa shape index (κ2) is 9.98. The van der Waals surface area contributed by atoms with Crippen LogP contribution >= 0.6 is 12.4 Å². The molecule has 24 heavy (non-hydrogen) atoms. The van der Waals surface area contributed by atoms with Crippen LogP contribution in [0.2, 0.25) is 0 Å². The SMILES string of the molecule is CCN(C(=O)CN1CCC(NCC2CC2)CC1)C1CCCCC1.Cl. The summed E-state index contributed by atoms with van der Waals surface area (Å²) in [5, 5.41) is 3.72. The summed E-state index contributed by atoms with van der Waals surface area (Å²) in [7, 11) is 0. The Morgan fingerprint density at radius 1 is 1.04 bits per heavy atom. The highest BCUT2D eigenvalue weighted by Gasteiger charge is 2.28. The molecule has 0 aromatic heterocycles. The van der Waals surface area contributed by atoms with Gasteiger partial charge in [0.25, 0.3) is 0 Å². The Balaban J connectivity index is 0.00000208. The number of carbonyl (C=O) groups is 1. The number of rotatable bonds is 7. The van der Waals surface area contributed by atoms with Crippen molar-refractivity contribution in [2.45, 2.75) is 76.8 Å². The molecular weight excluding hydrogens is 322 g/mol. The molecule has 2 saturated carbocycles. The van der Waals surface area contributed by atoms with Crippen LogP contribution in [0.4, 0.5) is 0 Å². The molecular formula is C19H36ClN3O. The standard InChI is InChI=1S/C19H35N3O.ClH/c1-2-22(18-6-4-3-5-7-18)19(23)15-21-12-10-17(11-13-21)20-14-16-8-9-16;/h16-18,20H,2-15H2,1H3;1H. The van der Waals surface area contributed by atoms with E-state index in [-0.39, 0.29) is 12.4 Å². The van der Waals surface area contributed by atoms with Crippen molar-refractivity contribution in [2.24, 2.45) is 5.92 Å². The summed E-state index contributed by atoms with van der Waals surface area (Å²) >= 11 is 0. The molecule has 1 N–H and O–H groups in total. The number of amides is 1. The van der Waals surface area contributed by atoms with Crippen molar-refractivity contribution in [3.05, 3.63) is 0 Å². The minimum absolute atomic E-state index is 0. The van der Waals surface area contributed by atoms with Crippen LogP contribution < -0.4 is 5.32 Å². The third kappa shape index (κ3) is 5.89. The van der Waals surface area contributed by atoms with Gasteiger partial charge in [-0.2, -0.15) is 0 Å². The van der Waals surface area contributed by atoms with E-state index in [1.54, 1.807) is 0 Å². The topological polar surface area (TPSA) is 35.6 Å². The summed E-state index contributed by atoms with van der Waals surface area (Å²) in [5.74, 6) is 1.33. The van der Waals surface area contributed by atoms with Crippen molar-refractivity contribution >= 4 is 18.3 Å². The molecule has 0 bridgehead atoms. The molecule has 140 valence electrons. The fraction of sp³-hybridized carbons (Fsp3) is 0.947. The van der Waals surface area contributed by atoms with Crippen LogP contribution in [0.1, 0.15) is 64.7 Å². The third-order valence-corrected chi connectivity index (χ3v) is 6.02. The maximum atomic E-state index is 12.7. The summed E-state index contributed by atoms with van der Waals surface area (Å²) in [6, 6.07) is 1.20. The molecule has 3 rings (SSSR count). The Bertz CT molecular complexity index is 375. The molecule has 3 fully saturated rings. The first kappa shape index (κ1) is 20.0. The molecule has 0 spiro atoms. The number of piperidine rings is 1. The second-order valence-corrected chi connectivity index (χ2v) is 7.87. The van der Waals surface area contributed by atoms with Gasteiger partial charge in [-0.15, -0.1) is 12.4 Å². The van der Waals surface area contributed by atoms with E-state index in [9.17, 15) is 4.79 Å². The number of halogens is 1. The number of nitrogens with zero attached hydrogens (tertiary/aromatic N) is 2. The van der Waals surface area contributed by atoms with Gasteiger partial charge in [0.15, 0.2) is 0 Å². The lowest BCUT2D eigenvalue weighted by Gasteiger charge is -2.37. The van der Waals surface area contributed by atoms with Crippen LogP contribution in [0.5, 0.6) is 0 Å². The van der Waals surface area contributed by atoms with Crippen molar-refractivity contribution in [3.63, 3.8) is 0 Å². The number of hydrogen-bond donors (Lipinski definition) is 1. The number of likely N-dealkylation sites (N-methyl/N-ethyl adjacent to an activating group) is 1. The molecule has 0 atom stereocenters. The van der Waals surface area contributed by atoms with Crippen LogP contribution in [-0.2, 0) is 4.79 Å². The summed E-state index contributed by atoms with van der Waals surface area (Å²) < 4.78 is 0. The van der Waals surface area contributed by atoms with Crippen molar-refractivity contribution in [3.8, 4) is 0 Å². The highest BCUT2D eigenvalue weighted by Crippen LogP contribution is 2.28. The van der Waals surface area contributed by atoms with Gasteiger partial charge in [-0.25, -0.2) is 0 Å². The lowest BCUT2D eigenvalue weighted by molar-refractivity contribution is -0.135. The van der Waals surface area contributed by atoms with Crippen LogP contribution in [-0.4, -0.2) is 60.5 Å². The minimum atomic E-state index is 0. The van der Waals surface area contributed by atoms with E-state index in [1.165, 1.54) is 64.3 Å². The summed E-state index contributed by atoms with van der Waals surface area (Å²) in [5.41, 5.74) is 0. The molecule has 1 aliphatic heterocycles. The fourth-order valence-corrected chi connectivity index (χ4v) is 4.26. The Kier molecular flexibility index (Phi) is 8.32. The Morgan fingerprint density at radius 2 is 1.71 bits per heavy atom. The molecule has 1 heterocycles. The average molecular weight is 358 g/mol. The van der Waals surface area contributed by atoms with Crippen LogP contribution in [0, 0.1) is 5.92 Å². The minimum Gasteiger partial charge on any atom is -0.339 e. The molecule has 0 unspecified atom stereocenters. The molecule has 0 aromatic rings. The average Bonchev–Trinajstić information content (AvgIpc) is 3.40. The lowest BCUT2D eigenvalue weighted by atomic mass is 9.94. The second-order valence-electron chi connectivity index (χ2n) is 7.87. The van der Waals surface area contributed by atoms with Crippen molar-refractivity contribution in [2.75, 3.05) is 32.7 Å². The van der Waals surface area contributed by atoms with Gasteiger partial charge in [0.1, 0.15) is 0 Å². The Morgan fingerprint density at radius 3 is 2.29 bits per heavy atom. The van der Waals surface area contributed by atoms with E-state index < -0.39 is 0 Å². The first-order valence-electron chi connectivity index (χ1n) is 10.0. The van der Waals surface area contributed by atoms with Gasteiger partial charge in [-0.3, -0.25) is 9.69 Å². The number of likely N-dealkylation sites (tertiary alicyclic amines) is 1. The normalized spacial score (nSPS) is 23.7. The predicted octanol–water partition coefficient (Wildman–Crippen LogP) is 3.05. The highest BCUT2D eigenvalue weighted by atomic mass is 35.5. The van der Waals surface area contributed by atoms with E-state index in [4.69, 9.17) is 0 Å². The summed E-state index contributed by atoms with van der Waals surface area (Å²) in [6.07, 6.45) is 11.6. The first-order chi connectivity index (χ1) is 11.3. The monoisotopic (exact) mass is 357 g/mol. The van der Waals surface area contributed by atoms with E-state index in [1.807, 2.05) is 0 Å². The molecule has 2 aliphatic carbocycles. The largest absolute Gasteiger partial charge is 0.339 e. The maximum absolute atomic E-state index is 12.7. The zero-order valence-corrected chi connectivity index (χ0v) is 16.2. The van der Waals surface area contributed by atoms with Gasteiger partial charge in [0, 0.05) is 31.7 Å². The molecule has 0 radical (unpaired) electrons. The summed E-state index contributed by atoms with van der Waals surface area (Å²) in [4.78, 5) is 17.3. The van der Waals surface area contributed by atoms with E-state index in [0.717, 1.165) is 25.6 Å². The molecule has 5 heteroatoms. The number of carbonyl (C=O) groups excluding carboxylic acids is 1. The van der Waals surface area contributed by atoms with Crippen LogP contribution in [0.25, 0.3) is 0 Å². The summed E-state index contributed by atoms with van der Waals surface area (Å²) in [6.45, 7) is 7.03. The highest BCUT2D eigenvalue weighted by molar-refractivity contribution is 5.85. The molecule has 3 aliphatic rings. The van der Waals surface area contributed by atoms with Gasteiger partial charge < -0.3 is 10.2 Å². The number of hydrogen-bond acceptors (Lipinski definition) is 3. The van der Waals surface area contributed by atoms with Crippen molar-refractivity contribution in [1.29, 1.82) is 0 Å². The van der Waals surface area contributed by atoms with Crippen LogP contribution in [0.15, 0.2) is 0 Å². The fourth-order valence-electron chi connectivity index (χ4n) is 4.26. The maximum Gasteiger partial charge on any atom is 0.236 e. The zero-order valence-electron chi connectivity index (χ0n) is 15.3. The van der Waals surface area contributed by atoms with Crippen LogP contribution in [0.3, 0.4) is 0 Å². The van der Waals surface area contributed by atoms with Gasteiger partial charge in [-0.05, 0) is 57.9 Å². The first-order valence-corrected chi connectivity index (χ1v) is 10.0. The quantitative estimate of drug-likeness (QED) is 0.760. The van der Waals surface area contributed by atoms with Gasteiger partial charge in [-0.1, -0.05) is 19.3 Å². The van der Waals surface area contributed by atoms with Gasteiger partial charge in [0.05, 0.1) is 6.54 Å². The number of nitrogens with one attached hydrogen (secondary N) is 1. The van der Waals surface area contributed by atoms with E-state index >= 15 is 0 Å². The van der Waals surface area contributed by atoms with Gasteiger partial charge >= 0.3 is 0 Å². The Labute approximate surface area is 154 Å².